The quantitative estimate of drug-likeness (QED) is 0.677. The van der Waals surface area contributed by atoms with Gasteiger partial charge in [0.05, 0.1) is 4.47 Å². The van der Waals surface area contributed by atoms with Crippen LogP contribution in [-0.2, 0) is 0 Å². The van der Waals surface area contributed by atoms with Crippen molar-refractivity contribution in [2.75, 3.05) is 0 Å². The third-order valence-corrected chi connectivity index (χ3v) is 1.64. The van der Waals surface area contributed by atoms with Crippen LogP contribution in [0.3, 0.4) is 0 Å². The van der Waals surface area contributed by atoms with E-state index in [0.717, 1.165) is 0 Å². The molecule has 3 nitrogen and oxygen atoms in total. The lowest BCUT2D eigenvalue weighted by Gasteiger charge is -1.89. The lowest BCUT2D eigenvalue weighted by Crippen LogP contribution is -2.04. The number of halogens is 1. The highest BCUT2D eigenvalue weighted by atomic mass is 79.9. The van der Waals surface area contributed by atoms with Crippen molar-refractivity contribution < 1.29 is 0 Å². The topological polar surface area (TPSA) is 56.6 Å². The lowest BCUT2D eigenvalue weighted by atomic mass is 10.4. The Kier molecular flexibility index (Phi) is 1.88. The Morgan fingerprint density at radius 1 is 1.60 bits per heavy atom. The van der Waals surface area contributed by atoms with Gasteiger partial charge in [-0.25, -0.2) is 0 Å². The Hall–Kier alpha value is -1.08. The third-order valence-electron chi connectivity index (χ3n) is 0.980. The van der Waals surface area contributed by atoms with Crippen LogP contribution in [0.1, 0.15) is 5.69 Å². The molecule has 0 aromatic carbocycles. The van der Waals surface area contributed by atoms with Gasteiger partial charge in [0.25, 0.3) is 0 Å². The van der Waals surface area contributed by atoms with Crippen molar-refractivity contribution in [3.63, 3.8) is 0 Å². The van der Waals surface area contributed by atoms with Crippen LogP contribution in [0.15, 0.2) is 21.4 Å². The maximum Gasteiger partial charge on any atom is 0.248 e. The maximum atomic E-state index is 10.6. The fourth-order valence-electron chi connectivity index (χ4n) is 0.538. The van der Waals surface area contributed by atoms with Crippen molar-refractivity contribution in [1.29, 1.82) is 5.26 Å². The van der Waals surface area contributed by atoms with E-state index in [0.29, 0.717) is 4.47 Å². The average molecular weight is 199 g/mol. The van der Waals surface area contributed by atoms with Crippen LogP contribution in [0.2, 0.25) is 0 Å². The van der Waals surface area contributed by atoms with E-state index < -0.39 is 0 Å². The van der Waals surface area contributed by atoms with Gasteiger partial charge in [-0.2, -0.15) is 5.26 Å². The molecule has 0 fully saturated rings. The Bertz CT molecular complexity index is 336. The molecule has 0 spiro atoms. The van der Waals surface area contributed by atoms with Gasteiger partial charge in [0, 0.05) is 6.07 Å². The summed E-state index contributed by atoms with van der Waals surface area (Å²) in [5.41, 5.74) is -0.00718. The molecule has 0 bridgehead atoms. The van der Waals surface area contributed by atoms with Gasteiger partial charge in [-0.05, 0) is 22.0 Å². The smallest absolute Gasteiger partial charge is 0.248 e. The lowest BCUT2D eigenvalue weighted by molar-refractivity contribution is 1.18. The minimum Gasteiger partial charge on any atom is -0.313 e. The minimum absolute atomic E-state index is 0.257. The third kappa shape index (κ3) is 1.25. The fraction of sp³-hybridized carbons (Fsp3) is 0. The predicted molar refractivity (Wildman–Crippen MR) is 39.5 cm³/mol. The Morgan fingerprint density at radius 2 is 2.30 bits per heavy atom. The van der Waals surface area contributed by atoms with E-state index >= 15 is 0 Å². The first-order valence-corrected chi connectivity index (χ1v) is 3.32. The number of nitrogens with one attached hydrogen (secondary N) is 1. The number of rotatable bonds is 0. The van der Waals surface area contributed by atoms with Crippen LogP contribution in [0, 0.1) is 11.3 Å². The molecule has 0 aliphatic carbocycles. The van der Waals surface area contributed by atoms with Gasteiger partial charge in [0.1, 0.15) is 11.8 Å². The SMILES string of the molecule is N#Cc1[nH]c(=O)ccc1Br. The number of H-pyrrole nitrogens is 1. The standard InChI is InChI=1S/C6H3BrN2O/c7-4-1-2-6(10)9-5(4)3-8/h1-2H,(H,9,10). The zero-order valence-corrected chi connectivity index (χ0v) is 6.47. The van der Waals surface area contributed by atoms with E-state index in [1.54, 1.807) is 0 Å². The fourth-order valence-corrected chi connectivity index (χ4v) is 0.858. The van der Waals surface area contributed by atoms with Crippen molar-refractivity contribution in [2.24, 2.45) is 0 Å². The van der Waals surface area contributed by atoms with E-state index in [1.165, 1.54) is 12.1 Å². The van der Waals surface area contributed by atoms with E-state index in [1.807, 2.05) is 6.07 Å². The predicted octanol–water partition coefficient (Wildman–Crippen LogP) is 1.01. The van der Waals surface area contributed by atoms with Gasteiger partial charge < -0.3 is 4.98 Å². The molecule has 0 saturated carbocycles. The molecule has 0 aliphatic rings. The summed E-state index contributed by atoms with van der Waals surface area (Å²) in [5.74, 6) is 0. The molecule has 0 radical (unpaired) electrons. The second-order valence-corrected chi connectivity index (χ2v) is 2.51. The molecule has 0 saturated heterocycles. The summed E-state index contributed by atoms with van der Waals surface area (Å²) >= 11 is 3.10. The number of aromatic amines is 1. The summed E-state index contributed by atoms with van der Waals surface area (Å²) < 4.78 is 0.606. The van der Waals surface area contributed by atoms with Crippen LogP contribution in [0.5, 0.6) is 0 Å². The molecule has 50 valence electrons. The van der Waals surface area contributed by atoms with Crippen LogP contribution < -0.4 is 5.56 Å². The van der Waals surface area contributed by atoms with E-state index in [9.17, 15) is 4.79 Å². The van der Waals surface area contributed by atoms with E-state index in [-0.39, 0.29) is 11.3 Å². The molecule has 0 atom stereocenters. The summed E-state index contributed by atoms with van der Waals surface area (Å²) in [7, 11) is 0. The maximum absolute atomic E-state index is 10.6. The summed E-state index contributed by atoms with van der Waals surface area (Å²) in [6.45, 7) is 0. The van der Waals surface area contributed by atoms with Gasteiger partial charge in [0.2, 0.25) is 5.56 Å². The van der Waals surface area contributed by atoms with Gasteiger partial charge in [0.15, 0.2) is 0 Å². The van der Waals surface area contributed by atoms with Crippen molar-refractivity contribution in [2.45, 2.75) is 0 Å². The number of nitriles is 1. The Balaban J connectivity index is 3.40. The molecule has 0 aliphatic heterocycles. The molecule has 10 heavy (non-hydrogen) atoms. The molecule has 1 N–H and O–H groups in total. The van der Waals surface area contributed by atoms with Crippen molar-refractivity contribution >= 4 is 15.9 Å². The summed E-state index contributed by atoms with van der Waals surface area (Å²) in [4.78, 5) is 12.9. The van der Waals surface area contributed by atoms with Crippen LogP contribution in [0.4, 0.5) is 0 Å². The molecule has 0 unspecified atom stereocenters. The molecular formula is C6H3BrN2O. The van der Waals surface area contributed by atoms with Crippen molar-refractivity contribution in [3.8, 4) is 6.07 Å². The molecule has 0 amide bonds. The number of pyridine rings is 1. The van der Waals surface area contributed by atoms with Crippen LogP contribution >= 0.6 is 15.9 Å². The largest absolute Gasteiger partial charge is 0.313 e. The first kappa shape index (κ1) is 7.03. The first-order valence-electron chi connectivity index (χ1n) is 2.53. The second kappa shape index (κ2) is 2.67. The van der Waals surface area contributed by atoms with Crippen LogP contribution in [0.25, 0.3) is 0 Å². The highest BCUT2D eigenvalue weighted by Crippen LogP contribution is 2.09. The number of hydrogen-bond acceptors (Lipinski definition) is 2. The van der Waals surface area contributed by atoms with Gasteiger partial charge in [-0.3, -0.25) is 4.79 Å². The normalized spacial score (nSPS) is 8.80. The summed E-state index contributed by atoms with van der Waals surface area (Å²) in [6.07, 6.45) is 0. The number of nitrogens with zero attached hydrogens (tertiary/aromatic N) is 1. The second-order valence-electron chi connectivity index (χ2n) is 1.66. The number of aromatic nitrogens is 1. The summed E-state index contributed by atoms with van der Waals surface area (Å²) in [5, 5.41) is 8.39. The molecule has 1 aromatic rings. The molecule has 1 aromatic heterocycles. The highest BCUT2D eigenvalue weighted by Gasteiger charge is 1.96. The first-order chi connectivity index (χ1) is 4.74. The molecular weight excluding hydrogens is 196 g/mol. The number of hydrogen-bond donors (Lipinski definition) is 1. The van der Waals surface area contributed by atoms with Gasteiger partial charge in [-0.15, -0.1) is 0 Å². The molecule has 1 rings (SSSR count). The Labute approximate surface area is 65.4 Å². The monoisotopic (exact) mass is 198 g/mol. The van der Waals surface area contributed by atoms with E-state index in [2.05, 4.69) is 20.9 Å². The minimum atomic E-state index is -0.264. The Morgan fingerprint density at radius 3 is 2.80 bits per heavy atom. The van der Waals surface area contributed by atoms with E-state index in [4.69, 9.17) is 5.26 Å². The zero-order valence-electron chi connectivity index (χ0n) is 4.89. The average Bonchev–Trinajstić information content (AvgIpc) is 1.94. The van der Waals surface area contributed by atoms with Gasteiger partial charge >= 0.3 is 0 Å². The van der Waals surface area contributed by atoms with Crippen molar-refractivity contribution in [1.82, 2.24) is 4.98 Å². The van der Waals surface area contributed by atoms with Crippen LogP contribution in [-0.4, -0.2) is 4.98 Å². The zero-order chi connectivity index (χ0) is 7.56. The van der Waals surface area contributed by atoms with Crippen molar-refractivity contribution in [3.05, 3.63) is 32.7 Å². The van der Waals surface area contributed by atoms with Gasteiger partial charge in [-0.1, -0.05) is 0 Å². The molecule has 4 heteroatoms. The highest BCUT2D eigenvalue weighted by molar-refractivity contribution is 9.10. The molecule has 1 heterocycles. The summed E-state index contributed by atoms with van der Waals surface area (Å²) in [6, 6.07) is 4.72.